The van der Waals surface area contributed by atoms with Crippen molar-refractivity contribution in [1.82, 2.24) is 4.98 Å². The van der Waals surface area contributed by atoms with E-state index < -0.39 is 0 Å². The van der Waals surface area contributed by atoms with Gasteiger partial charge in [-0.3, -0.25) is 4.98 Å². The van der Waals surface area contributed by atoms with Gasteiger partial charge in [0.15, 0.2) is 0 Å². The SMILES string of the molecule is CCOC(=O)c1cc2c(Br)cncc2s1. The molecule has 0 aromatic carbocycles. The number of rotatable bonds is 2. The summed E-state index contributed by atoms with van der Waals surface area (Å²) >= 11 is 4.78. The van der Waals surface area contributed by atoms with E-state index in [1.54, 1.807) is 19.3 Å². The largest absolute Gasteiger partial charge is 0.462 e. The van der Waals surface area contributed by atoms with Crippen molar-refractivity contribution in [3.8, 4) is 0 Å². The number of halogens is 1. The molecule has 0 bridgehead atoms. The Morgan fingerprint density at radius 3 is 3.07 bits per heavy atom. The minimum absolute atomic E-state index is 0.273. The monoisotopic (exact) mass is 285 g/mol. The molecule has 0 unspecified atom stereocenters. The maximum absolute atomic E-state index is 11.5. The first-order chi connectivity index (χ1) is 7.22. The van der Waals surface area contributed by atoms with Crippen molar-refractivity contribution in [2.75, 3.05) is 6.61 Å². The van der Waals surface area contributed by atoms with Crippen LogP contribution in [0.5, 0.6) is 0 Å². The first-order valence-electron chi connectivity index (χ1n) is 4.42. The van der Waals surface area contributed by atoms with E-state index in [-0.39, 0.29) is 5.97 Å². The van der Waals surface area contributed by atoms with E-state index in [0.29, 0.717) is 11.5 Å². The highest BCUT2D eigenvalue weighted by Crippen LogP contribution is 2.30. The second-order valence-corrected chi connectivity index (χ2v) is 4.80. The molecular formula is C10H8BrNO2S. The summed E-state index contributed by atoms with van der Waals surface area (Å²) in [5, 5.41) is 0.998. The molecule has 0 spiro atoms. The number of thiophene rings is 1. The molecule has 0 saturated carbocycles. The summed E-state index contributed by atoms with van der Waals surface area (Å²) in [4.78, 5) is 16.1. The van der Waals surface area contributed by atoms with Gasteiger partial charge in [-0.25, -0.2) is 4.79 Å². The number of fused-ring (bicyclic) bond motifs is 1. The lowest BCUT2D eigenvalue weighted by atomic mass is 10.3. The molecule has 2 aromatic heterocycles. The molecule has 0 saturated heterocycles. The van der Waals surface area contributed by atoms with Crippen molar-refractivity contribution >= 4 is 43.3 Å². The average Bonchev–Trinajstić information content (AvgIpc) is 2.63. The van der Waals surface area contributed by atoms with Gasteiger partial charge in [0.05, 0.1) is 11.3 Å². The number of carbonyl (C=O) groups excluding carboxylic acids is 1. The van der Waals surface area contributed by atoms with Gasteiger partial charge < -0.3 is 4.74 Å². The molecule has 0 N–H and O–H groups in total. The normalized spacial score (nSPS) is 10.5. The predicted octanol–water partition coefficient (Wildman–Crippen LogP) is 3.24. The molecule has 0 amide bonds. The third-order valence-corrected chi connectivity index (χ3v) is 3.56. The van der Waals surface area contributed by atoms with Crippen LogP contribution in [0.4, 0.5) is 0 Å². The third-order valence-electron chi connectivity index (χ3n) is 1.87. The summed E-state index contributed by atoms with van der Waals surface area (Å²) in [6, 6.07) is 1.82. The first kappa shape index (κ1) is 10.6. The third kappa shape index (κ3) is 2.03. The van der Waals surface area contributed by atoms with Crippen molar-refractivity contribution in [3.05, 3.63) is 27.8 Å². The van der Waals surface area contributed by atoms with Crippen molar-refractivity contribution < 1.29 is 9.53 Å². The highest BCUT2D eigenvalue weighted by Gasteiger charge is 2.12. The number of pyridine rings is 1. The van der Waals surface area contributed by atoms with Crippen LogP contribution in [0.3, 0.4) is 0 Å². The quantitative estimate of drug-likeness (QED) is 0.796. The van der Waals surface area contributed by atoms with Gasteiger partial charge in [-0.2, -0.15) is 0 Å². The van der Waals surface area contributed by atoms with E-state index in [1.807, 2.05) is 6.07 Å². The number of hydrogen-bond donors (Lipinski definition) is 0. The van der Waals surface area contributed by atoms with Gasteiger partial charge in [0.1, 0.15) is 4.88 Å². The maximum Gasteiger partial charge on any atom is 0.348 e. The van der Waals surface area contributed by atoms with Crippen molar-refractivity contribution in [2.45, 2.75) is 6.92 Å². The van der Waals surface area contributed by atoms with Crippen LogP contribution in [0.1, 0.15) is 16.6 Å². The van der Waals surface area contributed by atoms with Gasteiger partial charge in [-0.15, -0.1) is 11.3 Å². The topological polar surface area (TPSA) is 39.2 Å². The molecule has 15 heavy (non-hydrogen) atoms. The Morgan fingerprint density at radius 1 is 1.60 bits per heavy atom. The smallest absolute Gasteiger partial charge is 0.348 e. The number of hydrogen-bond acceptors (Lipinski definition) is 4. The fraction of sp³-hybridized carbons (Fsp3) is 0.200. The van der Waals surface area contributed by atoms with Gasteiger partial charge in [0.25, 0.3) is 0 Å². The van der Waals surface area contributed by atoms with E-state index in [9.17, 15) is 4.79 Å². The molecule has 0 atom stereocenters. The first-order valence-corrected chi connectivity index (χ1v) is 6.03. The number of aromatic nitrogens is 1. The summed E-state index contributed by atoms with van der Waals surface area (Å²) in [7, 11) is 0. The molecular weight excluding hydrogens is 278 g/mol. The summed E-state index contributed by atoms with van der Waals surface area (Å²) < 4.78 is 6.81. The summed E-state index contributed by atoms with van der Waals surface area (Å²) in [6.45, 7) is 2.19. The zero-order valence-electron chi connectivity index (χ0n) is 7.99. The van der Waals surface area contributed by atoms with Crippen LogP contribution < -0.4 is 0 Å². The molecule has 5 heteroatoms. The number of esters is 1. The molecule has 0 aliphatic carbocycles. The van der Waals surface area contributed by atoms with Crippen LogP contribution in [0.25, 0.3) is 10.1 Å². The molecule has 0 aliphatic rings. The van der Waals surface area contributed by atoms with Crippen molar-refractivity contribution in [3.63, 3.8) is 0 Å². The Hall–Kier alpha value is -0.940. The Bertz CT molecular complexity index is 509. The summed E-state index contributed by atoms with van der Waals surface area (Å²) in [5.74, 6) is -0.273. The fourth-order valence-corrected chi connectivity index (χ4v) is 2.76. The van der Waals surface area contributed by atoms with Gasteiger partial charge >= 0.3 is 5.97 Å². The van der Waals surface area contributed by atoms with E-state index in [1.165, 1.54) is 11.3 Å². The van der Waals surface area contributed by atoms with Gasteiger partial charge in [-0.05, 0) is 28.9 Å². The van der Waals surface area contributed by atoms with Gasteiger partial charge in [0, 0.05) is 22.3 Å². The standard InChI is InChI=1S/C10H8BrNO2S/c1-2-14-10(13)8-3-6-7(11)4-12-5-9(6)15-8/h3-5H,2H2,1H3. The summed E-state index contributed by atoms with van der Waals surface area (Å²) in [5.41, 5.74) is 0. The van der Waals surface area contributed by atoms with E-state index in [4.69, 9.17) is 4.74 Å². The van der Waals surface area contributed by atoms with Crippen LogP contribution in [0.15, 0.2) is 22.9 Å². The second kappa shape index (κ2) is 4.28. The van der Waals surface area contributed by atoms with E-state index >= 15 is 0 Å². The van der Waals surface area contributed by atoms with Gasteiger partial charge in [-0.1, -0.05) is 0 Å². The van der Waals surface area contributed by atoms with Gasteiger partial charge in [0.2, 0.25) is 0 Å². The average molecular weight is 286 g/mol. The lowest BCUT2D eigenvalue weighted by Gasteiger charge is -1.95. The molecule has 0 fully saturated rings. The lowest BCUT2D eigenvalue weighted by molar-refractivity contribution is 0.0532. The van der Waals surface area contributed by atoms with Crippen LogP contribution >= 0.6 is 27.3 Å². The Labute approximate surface area is 99.2 Å². The van der Waals surface area contributed by atoms with Crippen LogP contribution in [-0.2, 0) is 4.74 Å². The number of ether oxygens (including phenoxy) is 1. The molecule has 0 radical (unpaired) electrons. The Balaban J connectivity index is 2.47. The van der Waals surface area contributed by atoms with Crippen LogP contribution in [0, 0.1) is 0 Å². The molecule has 78 valence electrons. The molecule has 2 aromatic rings. The van der Waals surface area contributed by atoms with E-state index in [0.717, 1.165) is 14.6 Å². The minimum Gasteiger partial charge on any atom is -0.462 e. The zero-order valence-corrected chi connectivity index (χ0v) is 10.4. The number of carbonyl (C=O) groups is 1. The lowest BCUT2D eigenvalue weighted by Crippen LogP contribution is -2.01. The highest BCUT2D eigenvalue weighted by molar-refractivity contribution is 9.10. The van der Waals surface area contributed by atoms with E-state index in [2.05, 4.69) is 20.9 Å². The molecule has 2 heterocycles. The summed E-state index contributed by atoms with van der Waals surface area (Å²) in [6.07, 6.45) is 3.46. The Kier molecular flexibility index (Phi) is 3.02. The van der Waals surface area contributed by atoms with Crippen molar-refractivity contribution in [1.29, 1.82) is 0 Å². The van der Waals surface area contributed by atoms with Crippen molar-refractivity contribution in [2.24, 2.45) is 0 Å². The predicted molar refractivity (Wildman–Crippen MR) is 63.3 cm³/mol. The number of nitrogens with zero attached hydrogens (tertiary/aromatic N) is 1. The second-order valence-electron chi connectivity index (χ2n) is 2.86. The zero-order chi connectivity index (χ0) is 10.8. The molecule has 3 nitrogen and oxygen atoms in total. The van der Waals surface area contributed by atoms with Crippen LogP contribution in [0.2, 0.25) is 0 Å². The molecule has 2 rings (SSSR count). The highest BCUT2D eigenvalue weighted by atomic mass is 79.9. The minimum atomic E-state index is -0.273. The van der Waals surface area contributed by atoms with Crippen LogP contribution in [-0.4, -0.2) is 17.6 Å². The fourth-order valence-electron chi connectivity index (χ4n) is 1.23. The maximum atomic E-state index is 11.5. The molecule has 0 aliphatic heterocycles. The Morgan fingerprint density at radius 2 is 2.40 bits per heavy atom.